The predicted molar refractivity (Wildman–Crippen MR) is 78.2 cm³/mol. The Balaban J connectivity index is 1.45. The highest BCUT2D eigenvalue weighted by Gasteiger charge is 2.51. The number of methoxy groups -OCH3 is 1. The summed E-state index contributed by atoms with van der Waals surface area (Å²) >= 11 is 0. The Bertz CT molecular complexity index is 665. The van der Waals surface area contributed by atoms with E-state index in [0.29, 0.717) is 23.3 Å². The number of hydroxylamine groups is 2. The van der Waals surface area contributed by atoms with Crippen molar-refractivity contribution in [2.75, 3.05) is 7.11 Å². The summed E-state index contributed by atoms with van der Waals surface area (Å²) in [7, 11) is 1.69. The standard InChI is InChI=1S/C17H17NO5/c1-22-14-8-9-6-10(7-13(9)14)17(21)23-18-15(19)11-4-2-3-5-12(11)16(18)20/h2-5,9-10,13-14H,6-8H2,1H3/t9-,10?,13-,14?/m0/s1. The van der Waals surface area contributed by atoms with Crippen molar-refractivity contribution in [3.05, 3.63) is 35.4 Å². The van der Waals surface area contributed by atoms with Gasteiger partial charge in [0.1, 0.15) is 0 Å². The molecular formula is C17H17NO5. The monoisotopic (exact) mass is 315 g/mol. The molecule has 23 heavy (non-hydrogen) atoms. The number of hydrogen-bond acceptors (Lipinski definition) is 5. The van der Waals surface area contributed by atoms with E-state index < -0.39 is 17.8 Å². The van der Waals surface area contributed by atoms with Crippen molar-refractivity contribution in [2.45, 2.75) is 25.4 Å². The lowest BCUT2D eigenvalue weighted by Crippen LogP contribution is -2.38. The largest absolute Gasteiger partial charge is 0.381 e. The molecular weight excluding hydrogens is 298 g/mol. The van der Waals surface area contributed by atoms with Crippen LogP contribution in [-0.2, 0) is 14.4 Å². The minimum absolute atomic E-state index is 0.220. The molecule has 1 heterocycles. The fourth-order valence-electron chi connectivity index (χ4n) is 4.04. The van der Waals surface area contributed by atoms with Crippen molar-refractivity contribution >= 4 is 17.8 Å². The maximum atomic E-state index is 12.3. The number of nitrogens with zero attached hydrogens (tertiary/aromatic N) is 1. The first-order valence-corrected chi connectivity index (χ1v) is 7.82. The molecule has 0 aromatic heterocycles. The fourth-order valence-corrected chi connectivity index (χ4v) is 4.04. The van der Waals surface area contributed by atoms with Crippen LogP contribution in [0.5, 0.6) is 0 Å². The molecule has 2 aliphatic carbocycles. The number of carbonyl (C=O) groups is 3. The van der Waals surface area contributed by atoms with Crippen LogP contribution in [0.25, 0.3) is 0 Å². The van der Waals surface area contributed by atoms with Crippen molar-refractivity contribution < 1.29 is 24.0 Å². The third-order valence-electron chi connectivity index (χ3n) is 5.34. The van der Waals surface area contributed by atoms with Gasteiger partial charge in [0.15, 0.2) is 0 Å². The van der Waals surface area contributed by atoms with Gasteiger partial charge in [-0.05, 0) is 43.2 Å². The van der Waals surface area contributed by atoms with Crippen molar-refractivity contribution in [2.24, 2.45) is 17.8 Å². The minimum atomic E-state index is -0.574. The summed E-state index contributed by atoms with van der Waals surface area (Å²) in [4.78, 5) is 41.9. The Kier molecular flexibility index (Phi) is 3.23. The molecule has 2 unspecified atom stereocenters. The van der Waals surface area contributed by atoms with E-state index >= 15 is 0 Å². The SMILES string of the molecule is COC1C[C@@H]2CC(C(=O)ON3C(=O)c4ccccc4C3=O)C[C@H]12. The second-order valence-electron chi connectivity index (χ2n) is 6.46. The average Bonchev–Trinajstić information content (AvgIpc) is 3.00. The van der Waals surface area contributed by atoms with Crippen LogP contribution in [-0.4, -0.2) is 36.1 Å². The Labute approximate surface area is 133 Å². The van der Waals surface area contributed by atoms with Gasteiger partial charge in [-0.3, -0.25) is 9.59 Å². The van der Waals surface area contributed by atoms with Crippen LogP contribution in [0.1, 0.15) is 40.0 Å². The molecule has 0 bridgehead atoms. The number of fused-ring (bicyclic) bond motifs is 2. The summed E-state index contributed by atoms with van der Waals surface area (Å²) in [5, 5.41) is 0.598. The average molecular weight is 315 g/mol. The van der Waals surface area contributed by atoms with Gasteiger partial charge < -0.3 is 9.57 Å². The molecule has 0 spiro atoms. The van der Waals surface area contributed by atoms with Gasteiger partial charge in [-0.1, -0.05) is 17.2 Å². The van der Waals surface area contributed by atoms with Gasteiger partial charge in [-0.15, -0.1) is 0 Å². The summed E-state index contributed by atoms with van der Waals surface area (Å²) in [5.41, 5.74) is 0.549. The summed E-state index contributed by atoms with van der Waals surface area (Å²) in [6.45, 7) is 0. The van der Waals surface area contributed by atoms with Gasteiger partial charge in [-0.25, -0.2) is 4.79 Å². The summed E-state index contributed by atoms with van der Waals surface area (Å²) < 4.78 is 5.37. The van der Waals surface area contributed by atoms with Crippen molar-refractivity contribution in [3.63, 3.8) is 0 Å². The first-order valence-electron chi connectivity index (χ1n) is 7.82. The third kappa shape index (κ3) is 2.09. The van der Waals surface area contributed by atoms with E-state index in [1.54, 1.807) is 31.4 Å². The molecule has 1 aromatic carbocycles. The molecule has 2 fully saturated rings. The van der Waals surface area contributed by atoms with Gasteiger partial charge in [0, 0.05) is 7.11 Å². The zero-order chi connectivity index (χ0) is 16.1. The molecule has 1 aromatic rings. The van der Waals surface area contributed by atoms with E-state index in [-0.39, 0.29) is 23.1 Å². The summed E-state index contributed by atoms with van der Waals surface area (Å²) in [5.74, 6) is -1.04. The molecule has 2 saturated carbocycles. The normalized spacial score (nSPS) is 31.6. The first-order chi connectivity index (χ1) is 11.1. The number of ether oxygens (including phenoxy) is 1. The highest BCUT2D eigenvalue weighted by molar-refractivity contribution is 6.20. The molecule has 1 aliphatic heterocycles. The van der Waals surface area contributed by atoms with Crippen LogP contribution in [0.4, 0.5) is 0 Å². The molecule has 0 saturated heterocycles. The minimum Gasteiger partial charge on any atom is -0.381 e. The number of benzene rings is 1. The van der Waals surface area contributed by atoms with Gasteiger partial charge in [-0.2, -0.15) is 0 Å². The number of hydrogen-bond donors (Lipinski definition) is 0. The topological polar surface area (TPSA) is 72.9 Å². The van der Waals surface area contributed by atoms with E-state index in [9.17, 15) is 14.4 Å². The molecule has 4 rings (SSSR count). The van der Waals surface area contributed by atoms with E-state index in [1.165, 1.54) is 0 Å². The summed E-state index contributed by atoms with van der Waals surface area (Å²) in [6.07, 6.45) is 2.63. The van der Waals surface area contributed by atoms with Gasteiger partial charge in [0.05, 0.1) is 23.1 Å². The second kappa shape index (κ2) is 5.16. The molecule has 6 heteroatoms. The highest BCUT2D eigenvalue weighted by atomic mass is 16.7. The Morgan fingerprint density at radius 2 is 1.74 bits per heavy atom. The zero-order valence-corrected chi connectivity index (χ0v) is 12.7. The second-order valence-corrected chi connectivity index (χ2v) is 6.46. The molecule has 0 radical (unpaired) electrons. The van der Waals surface area contributed by atoms with Crippen LogP contribution in [0.2, 0.25) is 0 Å². The van der Waals surface area contributed by atoms with E-state index in [2.05, 4.69) is 0 Å². The smallest absolute Gasteiger partial charge is 0.336 e. The quantitative estimate of drug-likeness (QED) is 0.795. The van der Waals surface area contributed by atoms with Crippen molar-refractivity contribution in [1.29, 1.82) is 0 Å². The molecule has 4 atom stereocenters. The predicted octanol–water partition coefficient (Wildman–Crippen LogP) is 1.80. The number of carbonyl (C=O) groups excluding carboxylic acids is 3. The molecule has 0 N–H and O–H groups in total. The fraction of sp³-hybridized carbons (Fsp3) is 0.471. The lowest BCUT2D eigenvalue weighted by atomic mass is 9.73. The van der Waals surface area contributed by atoms with Gasteiger partial charge >= 0.3 is 5.97 Å². The molecule has 120 valence electrons. The third-order valence-corrected chi connectivity index (χ3v) is 5.34. The number of rotatable bonds is 3. The summed E-state index contributed by atoms with van der Waals surface area (Å²) in [6, 6.07) is 6.47. The molecule has 6 nitrogen and oxygen atoms in total. The number of amides is 2. The Morgan fingerprint density at radius 1 is 1.09 bits per heavy atom. The maximum Gasteiger partial charge on any atom is 0.336 e. The lowest BCUT2D eigenvalue weighted by Gasteiger charge is -2.39. The van der Waals surface area contributed by atoms with Crippen molar-refractivity contribution in [3.8, 4) is 0 Å². The van der Waals surface area contributed by atoms with Gasteiger partial charge in [0.25, 0.3) is 11.8 Å². The van der Waals surface area contributed by atoms with E-state index in [1.807, 2.05) is 0 Å². The lowest BCUT2D eigenvalue weighted by molar-refractivity contribution is -0.173. The van der Waals surface area contributed by atoms with Crippen LogP contribution >= 0.6 is 0 Å². The van der Waals surface area contributed by atoms with Crippen LogP contribution in [0.3, 0.4) is 0 Å². The van der Waals surface area contributed by atoms with Crippen LogP contribution in [0, 0.1) is 17.8 Å². The van der Waals surface area contributed by atoms with Crippen LogP contribution < -0.4 is 0 Å². The van der Waals surface area contributed by atoms with Crippen molar-refractivity contribution in [1.82, 2.24) is 5.06 Å². The molecule has 2 amide bonds. The molecule has 3 aliphatic rings. The Hall–Kier alpha value is -2.21. The van der Waals surface area contributed by atoms with Gasteiger partial charge in [0.2, 0.25) is 0 Å². The number of imide groups is 1. The van der Waals surface area contributed by atoms with Crippen LogP contribution in [0.15, 0.2) is 24.3 Å². The zero-order valence-electron chi connectivity index (χ0n) is 12.7. The maximum absolute atomic E-state index is 12.3. The first kappa shape index (κ1) is 14.4. The Morgan fingerprint density at radius 3 is 2.35 bits per heavy atom. The van der Waals surface area contributed by atoms with E-state index in [0.717, 1.165) is 12.8 Å². The highest BCUT2D eigenvalue weighted by Crippen LogP contribution is 2.51. The van der Waals surface area contributed by atoms with E-state index in [4.69, 9.17) is 9.57 Å².